The zero-order valence-electron chi connectivity index (χ0n) is 12.9. The molecule has 1 saturated heterocycles. The van der Waals surface area contributed by atoms with Gasteiger partial charge in [-0.25, -0.2) is 5.32 Å². The summed E-state index contributed by atoms with van der Waals surface area (Å²) in [5.41, 5.74) is 2.35. The molecular formula is C19H22NO2. The molecule has 0 amide bonds. The molecule has 115 valence electrons. The normalized spacial score (nSPS) is 17.1. The average Bonchev–Trinajstić information content (AvgIpc) is 2.61. The standard InChI is InChI=1S/C19H22NO2/c1-21-17-9-7-16(8-10-17)19(15-5-3-2-4-6-15)22-18-11-13-20-14-12-18/h2-10,18-19H,11-14H2,1H3. The van der Waals surface area contributed by atoms with Crippen LogP contribution in [0.4, 0.5) is 0 Å². The fourth-order valence-corrected chi connectivity index (χ4v) is 2.81. The van der Waals surface area contributed by atoms with Crippen molar-refractivity contribution in [3.8, 4) is 5.75 Å². The molecule has 1 aliphatic heterocycles. The molecule has 0 bridgehead atoms. The first-order chi connectivity index (χ1) is 10.9. The number of piperidine rings is 1. The molecule has 0 spiro atoms. The lowest BCUT2D eigenvalue weighted by molar-refractivity contribution is -0.00851. The molecule has 1 heterocycles. The van der Waals surface area contributed by atoms with Gasteiger partial charge in [0, 0.05) is 13.1 Å². The lowest BCUT2D eigenvalue weighted by Gasteiger charge is -2.28. The Kier molecular flexibility index (Phi) is 5.09. The fourth-order valence-electron chi connectivity index (χ4n) is 2.81. The summed E-state index contributed by atoms with van der Waals surface area (Å²) in [6.07, 6.45) is 2.28. The first-order valence-electron chi connectivity index (χ1n) is 7.84. The van der Waals surface area contributed by atoms with Crippen LogP contribution in [0.3, 0.4) is 0 Å². The molecule has 1 fully saturated rings. The van der Waals surface area contributed by atoms with Crippen molar-refractivity contribution in [2.45, 2.75) is 25.0 Å². The minimum absolute atomic E-state index is 0.0322. The van der Waals surface area contributed by atoms with Crippen molar-refractivity contribution in [2.75, 3.05) is 20.2 Å². The Bertz CT molecular complexity index is 562. The molecule has 1 atom stereocenters. The molecule has 3 nitrogen and oxygen atoms in total. The van der Waals surface area contributed by atoms with Gasteiger partial charge in [-0.15, -0.1) is 0 Å². The van der Waals surface area contributed by atoms with Crippen LogP contribution >= 0.6 is 0 Å². The maximum Gasteiger partial charge on any atom is 0.118 e. The van der Waals surface area contributed by atoms with E-state index in [1.807, 2.05) is 18.2 Å². The highest BCUT2D eigenvalue weighted by atomic mass is 16.5. The molecule has 0 aromatic heterocycles. The third-order valence-electron chi connectivity index (χ3n) is 4.07. The monoisotopic (exact) mass is 296 g/mol. The Balaban J connectivity index is 1.84. The van der Waals surface area contributed by atoms with Crippen molar-refractivity contribution in [2.24, 2.45) is 0 Å². The van der Waals surface area contributed by atoms with Crippen LogP contribution < -0.4 is 10.1 Å². The van der Waals surface area contributed by atoms with E-state index in [0.717, 1.165) is 37.2 Å². The van der Waals surface area contributed by atoms with Crippen molar-refractivity contribution in [3.05, 3.63) is 65.7 Å². The lowest BCUT2D eigenvalue weighted by atomic mass is 10.00. The van der Waals surface area contributed by atoms with E-state index in [1.165, 1.54) is 5.56 Å². The van der Waals surface area contributed by atoms with E-state index in [1.54, 1.807) is 7.11 Å². The topological polar surface area (TPSA) is 32.6 Å². The summed E-state index contributed by atoms with van der Waals surface area (Å²) < 4.78 is 11.7. The zero-order valence-corrected chi connectivity index (χ0v) is 12.9. The summed E-state index contributed by atoms with van der Waals surface area (Å²) in [5, 5.41) is 4.41. The van der Waals surface area contributed by atoms with E-state index in [0.29, 0.717) is 0 Å². The Morgan fingerprint density at radius 2 is 1.55 bits per heavy atom. The number of rotatable bonds is 5. The highest BCUT2D eigenvalue weighted by Crippen LogP contribution is 2.30. The second-order valence-electron chi connectivity index (χ2n) is 5.57. The SMILES string of the molecule is COc1ccc(C(OC2CC[N]CC2)c2ccccc2)cc1. The predicted octanol–water partition coefficient (Wildman–Crippen LogP) is 3.57. The van der Waals surface area contributed by atoms with Gasteiger partial charge in [-0.3, -0.25) is 0 Å². The number of methoxy groups -OCH3 is 1. The second kappa shape index (κ2) is 7.43. The number of nitrogens with zero attached hydrogens (tertiary/aromatic N) is 1. The van der Waals surface area contributed by atoms with Crippen LogP contribution in [0, 0.1) is 0 Å². The summed E-state index contributed by atoms with van der Waals surface area (Å²) >= 11 is 0. The Morgan fingerprint density at radius 1 is 0.909 bits per heavy atom. The van der Waals surface area contributed by atoms with E-state index >= 15 is 0 Å². The summed E-state index contributed by atoms with van der Waals surface area (Å²) in [6.45, 7) is 1.82. The van der Waals surface area contributed by atoms with Crippen LogP contribution in [0.1, 0.15) is 30.1 Å². The highest BCUT2D eigenvalue weighted by Gasteiger charge is 2.22. The summed E-state index contributed by atoms with van der Waals surface area (Å²) in [7, 11) is 1.69. The first-order valence-corrected chi connectivity index (χ1v) is 7.84. The van der Waals surface area contributed by atoms with Gasteiger partial charge >= 0.3 is 0 Å². The minimum atomic E-state index is -0.0322. The molecule has 0 saturated carbocycles. The maximum absolute atomic E-state index is 6.44. The quantitative estimate of drug-likeness (QED) is 0.845. The largest absolute Gasteiger partial charge is 0.497 e. The van der Waals surface area contributed by atoms with Gasteiger partial charge in [0.05, 0.1) is 13.2 Å². The molecular weight excluding hydrogens is 274 g/mol. The smallest absolute Gasteiger partial charge is 0.118 e. The predicted molar refractivity (Wildman–Crippen MR) is 87.3 cm³/mol. The number of ether oxygens (including phenoxy) is 2. The maximum atomic E-state index is 6.44. The zero-order chi connectivity index (χ0) is 15.2. The molecule has 22 heavy (non-hydrogen) atoms. The van der Waals surface area contributed by atoms with Gasteiger partial charge in [0.25, 0.3) is 0 Å². The van der Waals surface area contributed by atoms with E-state index in [4.69, 9.17) is 9.47 Å². The molecule has 1 unspecified atom stereocenters. The molecule has 3 heteroatoms. The Morgan fingerprint density at radius 3 is 2.18 bits per heavy atom. The molecule has 0 aliphatic carbocycles. The minimum Gasteiger partial charge on any atom is -0.497 e. The van der Waals surface area contributed by atoms with Gasteiger partial charge < -0.3 is 9.47 Å². The molecule has 2 aromatic carbocycles. The Hall–Kier alpha value is -1.84. The fraction of sp³-hybridized carbons (Fsp3) is 0.368. The van der Waals surface area contributed by atoms with Crippen molar-refractivity contribution < 1.29 is 9.47 Å². The Labute approximate surface area is 132 Å². The number of hydrogen-bond acceptors (Lipinski definition) is 2. The van der Waals surface area contributed by atoms with Crippen LogP contribution in [0.5, 0.6) is 5.75 Å². The molecule has 3 rings (SSSR count). The average molecular weight is 296 g/mol. The number of benzene rings is 2. The molecule has 0 N–H and O–H groups in total. The van der Waals surface area contributed by atoms with E-state index in [9.17, 15) is 0 Å². The third-order valence-corrected chi connectivity index (χ3v) is 4.07. The van der Waals surface area contributed by atoms with Crippen molar-refractivity contribution >= 4 is 0 Å². The van der Waals surface area contributed by atoms with Crippen LogP contribution in [0.15, 0.2) is 54.6 Å². The third kappa shape index (κ3) is 3.67. The van der Waals surface area contributed by atoms with Gasteiger partial charge in [0.15, 0.2) is 0 Å². The van der Waals surface area contributed by atoms with Crippen LogP contribution in [0.2, 0.25) is 0 Å². The van der Waals surface area contributed by atoms with Gasteiger partial charge in [-0.1, -0.05) is 42.5 Å². The van der Waals surface area contributed by atoms with E-state index in [-0.39, 0.29) is 12.2 Å². The van der Waals surface area contributed by atoms with Crippen molar-refractivity contribution in [1.82, 2.24) is 5.32 Å². The summed E-state index contributed by atoms with van der Waals surface area (Å²) in [5.74, 6) is 0.868. The lowest BCUT2D eigenvalue weighted by Crippen LogP contribution is -2.29. The molecule has 2 aromatic rings. The van der Waals surface area contributed by atoms with Crippen molar-refractivity contribution in [3.63, 3.8) is 0 Å². The van der Waals surface area contributed by atoms with Gasteiger partial charge in [-0.05, 0) is 36.1 Å². The van der Waals surface area contributed by atoms with E-state index < -0.39 is 0 Å². The van der Waals surface area contributed by atoms with Crippen molar-refractivity contribution in [1.29, 1.82) is 0 Å². The molecule has 1 radical (unpaired) electrons. The summed E-state index contributed by atoms with van der Waals surface area (Å²) in [6, 6.07) is 18.6. The van der Waals surface area contributed by atoms with Crippen LogP contribution in [0.25, 0.3) is 0 Å². The van der Waals surface area contributed by atoms with Gasteiger partial charge in [0.1, 0.15) is 11.9 Å². The van der Waals surface area contributed by atoms with Crippen LogP contribution in [-0.2, 0) is 4.74 Å². The van der Waals surface area contributed by atoms with Gasteiger partial charge in [-0.2, -0.15) is 0 Å². The van der Waals surface area contributed by atoms with E-state index in [2.05, 4.69) is 41.7 Å². The number of hydrogen-bond donors (Lipinski definition) is 0. The highest BCUT2D eigenvalue weighted by molar-refractivity contribution is 5.34. The summed E-state index contributed by atoms with van der Waals surface area (Å²) in [4.78, 5) is 0. The molecule has 1 aliphatic rings. The first kappa shape index (κ1) is 15.1. The second-order valence-corrected chi connectivity index (χ2v) is 5.57. The van der Waals surface area contributed by atoms with Gasteiger partial charge in [0.2, 0.25) is 0 Å². The van der Waals surface area contributed by atoms with Crippen LogP contribution in [-0.4, -0.2) is 26.3 Å².